The van der Waals surface area contributed by atoms with Crippen molar-refractivity contribution in [2.75, 3.05) is 13.1 Å². The highest BCUT2D eigenvalue weighted by molar-refractivity contribution is 7.89. The lowest BCUT2D eigenvalue weighted by Gasteiger charge is -2.26. The van der Waals surface area contributed by atoms with Gasteiger partial charge >= 0.3 is 0 Å². The Balaban J connectivity index is 2.00. The molecule has 0 unspecified atom stereocenters. The van der Waals surface area contributed by atoms with Crippen LogP contribution in [0, 0.1) is 5.82 Å². The first kappa shape index (κ1) is 11.1. The van der Waals surface area contributed by atoms with Crippen molar-refractivity contribution in [2.24, 2.45) is 0 Å². The summed E-state index contributed by atoms with van der Waals surface area (Å²) >= 11 is 0. The Kier molecular flexibility index (Phi) is 2.46. The summed E-state index contributed by atoms with van der Waals surface area (Å²) in [6.07, 6.45) is 0.827. The molecule has 0 aliphatic carbocycles. The molecule has 2 fully saturated rings. The van der Waals surface area contributed by atoms with Gasteiger partial charge in [-0.2, -0.15) is 4.31 Å². The van der Waals surface area contributed by atoms with Crippen LogP contribution in [0.4, 0.5) is 4.39 Å². The van der Waals surface area contributed by atoms with E-state index in [4.69, 9.17) is 0 Å². The third-order valence-electron chi connectivity index (χ3n) is 3.43. The molecule has 1 N–H and O–H groups in total. The van der Waals surface area contributed by atoms with Crippen molar-refractivity contribution in [3.63, 3.8) is 0 Å². The van der Waals surface area contributed by atoms with E-state index in [1.165, 1.54) is 22.5 Å². The molecule has 92 valence electrons. The first-order valence-corrected chi connectivity index (χ1v) is 7.03. The highest BCUT2D eigenvalue weighted by Crippen LogP contribution is 2.30. The van der Waals surface area contributed by atoms with Crippen LogP contribution in [0.1, 0.15) is 6.42 Å². The number of piperazine rings is 1. The van der Waals surface area contributed by atoms with Gasteiger partial charge < -0.3 is 5.32 Å². The highest BCUT2D eigenvalue weighted by atomic mass is 32.2. The van der Waals surface area contributed by atoms with E-state index in [2.05, 4.69) is 5.32 Å². The predicted molar refractivity (Wildman–Crippen MR) is 60.5 cm³/mol. The maximum absolute atomic E-state index is 13.6. The molecule has 3 rings (SSSR count). The standard InChI is InChI=1S/C11H13FN2O2S/c12-10-3-1-2-4-11(10)17(15,16)14-7-8-5-9(14)6-13-8/h1-4,8-9,13H,5-7H2/t8-,9-/m0/s1. The van der Waals surface area contributed by atoms with Crippen molar-refractivity contribution in [3.05, 3.63) is 30.1 Å². The number of halogens is 1. The molecule has 2 saturated heterocycles. The number of nitrogens with zero attached hydrogens (tertiary/aromatic N) is 1. The Hall–Kier alpha value is -0.980. The number of hydrogen-bond donors (Lipinski definition) is 1. The minimum Gasteiger partial charge on any atom is -0.311 e. The molecule has 1 aromatic carbocycles. The van der Waals surface area contributed by atoms with Gasteiger partial charge in [0.1, 0.15) is 10.7 Å². The zero-order valence-electron chi connectivity index (χ0n) is 9.14. The molecule has 4 nitrogen and oxygen atoms in total. The van der Waals surface area contributed by atoms with Crippen molar-refractivity contribution in [3.8, 4) is 0 Å². The Morgan fingerprint density at radius 3 is 2.71 bits per heavy atom. The first-order valence-electron chi connectivity index (χ1n) is 5.59. The summed E-state index contributed by atoms with van der Waals surface area (Å²) in [7, 11) is -3.68. The van der Waals surface area contributed by atoms with Crippen molar-refractivity contribution in [2.45, 2.75) is 23.4 Å². The first-order chi connectivity index (χ1) is 8.09. The normalized spacial score (nSPS) is 28.8. The van der Waals surface area contributed by atoms with Gasteiger partial charge in [-0.25, -0.2) is 12.8 Å². The van der Waals surface area contributed by atoms with Crippen LogP contribution in [0.3, 0.4) is 0 Å². The highest BCUT2D eigenvalue weighted by Gasteiger charge is 2.44. The molecule has 0 spiro atoms. The minimum atomic E-state index is -3.68. The largest absolute Gasteiger partial charge is 0.311 e. The van der Waals surface area contributed by atoms with Gasteiger partial charge in [-0.3, -0.25) is 0 Å². The molecule has 2 heterocycles. The van der Waals surface area contributed by atoms with Crippen LogP contribution in [0.25, 0.3) is 0 Å². The van der Waals surface area contributed by atoms with E-state index >= 15 is 0 Å². The van der Waals surface area contributed by atoms with E-state index in [0.29, 0.717) is 13.1 Å². The summed E-state index contributed by atoms with van der Waals surface area (Å²) in [5, 5.41) is 3.22. The molecule has 2 bridgehead atoms. The summed E-state index contributed by atoms with van der Waals surface area (Å²) < 4.78 is 39.6. The number of sulfonamides is 1. The smallest absolute Gasteiger partial charge is 0.246 e. The predicted octanol–water partition coefficient (Wildman–Crippen LogP) is 0.560. The lowest BCUT2D eigenvalue weighted by atomic mass is 10.2. The maximum atomic E-state index is 13.6. The Morgan fingerprint density at radius 2 is 2.12 bits per heavy atom. The average Bonchev–Trinajstić information content (AvgIpc) is 2.91. The lowest BCUT2D eigenvalue weighted by Crippen LogP contribution is -2.46. The van der Waals surface area contributed by atoms with Gasteiger partial charge in [0.05, 0.1) is 0 Å². The number of fused-ring (bicyclic) bond motifs is 2. The number of nitrogens with one attached hydrogen (secondary N) is 1. The SMILES string of the molecule is O=S(=O)(c1ccccc1F)N1C[C@@H]2C[C@H]1CN2. The van der Waals surface area contributed by atoms with Gasteiger partial charge in [0.25, 0.3) is 0 Å². The van der Waals surface area contributed by atoms with E-state index in [1.54, 1.807) is 6.07 Å². The molecule has 0 amide bonds. The molecule has 0 saturated carbocycles. The van der Waals surface area contributed by atoms with Gasteiger partial charge in [-0.15, -0.1) is 0 Å². The molecular weight excluding hydrogens is 243 g/mol. The van der Waals surface area contributed by atoms with Crippen molar-refractivity contribution in [1.29, 1.82) is 0 Å². The van der Waals surface area contributed by atoms with Crippen LogP contribution in [0.2, 0.25) is 0 Å². The van der Waals surface area contributed by atoms with E-state index in [-0.39, 0.29) is 17.0 Å². The fraction of sp³-hybridized carbons (Fsp3) is 0.455. The van der Waals surface area contributed by atoms with Gasteiger partial charge in [-0.05, 0) is 18.6 Å². The van der Waals surface area contributed by atoms with Crippen molar-refractivity contribution in [1.82, 2.24) is 9.62 Å². The third-order valence-corrected chi connectivity index (χ3v) is 5.38. The third kappa shape index (κ3) is 1.67. The fourth-order valence-electron chi connectivity index (χ4n) is 2.60. The second-order valence-electron chi connectivity index (χ2n) is 4.50. The summed E-state index contributed by atoms with van der Waals surface area (Å²) in [5.74, 6) is -0.678. The zero-order chi connectivity index (χ0) is 12.0. The quantitative estimate of drug-likeness (QED) is 0.841. The maximum Gasteiger partial charge on any atom is 0.246 e. The van der Waals surface area contributed by atoms with Crippen LogP contribution >= 0.6 is 0 Å². The second-order valence-corrected chi connectivity index (χ2v) is 6.36. The van der Waals surface area contributed by atoms with Gasteiger partial charge in [0, 0.05) is 25.2 Å². The van der Waals surface area contributed by atoms with Crippen LogP contribution in [-0.4, -0.2) is 37.9 Å². The molecule has 17 heavy (non-hydrogen) atoms. The van der Waals surface area contributed by atoms with Crippen molar-refractivity contribution >= 4 is 10.0 Å². The summed E-state index contributed by atoms with van der Waals surface area (Å²) in [5.41, 5.74) is 0. The monoisotopic (exact) mass is 256 g/mol. The lowest BCUT2D eigenvalue weighted by molar-refractivity contribution is 0.347. The fourth-order valence-corrected chi connectivity index (χ4v) is 4.34. The Bertz CT molecular complexity index is 546. The van der Waals surface area contributed by atoms with Gasteiger partial charge in [-0.1, -0.05) is 12.1 Å². The molecule has 2 aliphatic rings. The molecule has 2 atom stereocenters. The van der Waals surface area contributed by atoms with Crippen LogP contribution in [0.5, 0.6) is 0 Å². The van der Waals surface area contributed by atoms with Crippen LogP contribution in [0.15, 0.2) is 29.2 Å². The topological polar surface area (TPSA) is 49.4 Å². The minimum absolute atomic E-state index is 0.0235. The molecule has 1 aromatic rings. The second kappa shape index (κ2) is 3.76. The van der Waals surface area contributed by atoms with Crippen molar-refractivity contribution < 1.29 is 12.8 Å². The number of rotatable bonds is 2. The summed E-state index contributed by atoms with van der Waals surface area (Å²) in [6, 6.07) is 5.74. The number of hydrogen-bond acceptors (Lipinski definition) is 3. The molecule has 6 heteroatoms. The van der Waals surface area contributed by atoms with Crippen LogP contribution in [-0.2, 0) is 10.0 Å². The zero-order valence-corrected chi connectivity index (χ0v) is 9.95. The molecular formula is C11H13FN2O2S. The van der Waals surface area contributed by atoms with E-state index in [1.807, 2.05) is 0 Å². The van der Waals surface area contributed by atoms with E-state index in [9.17, 15) is 12.8 Å². The molecule has 0 radical (unpaired) electrons. The summed E-state index contributed by atoms with van der Waals surface area (Å²) in [4.78, 5) is -0.215. The molecule has 2 aliphatic heterocycles. The average molecular weight is 256 g/mol. The van der Waals surface area contributed by atoms with E-state index < -0.39 is 15.8 Å². The Labute approximate surface area is 99.5 Å². The van der Waals surface area contributed by atoms with Gasteiger partial charge in [0.15, 0.2) is 0 Å². The number of benzene rings is 1. The Morgan fingerprint density at radius 1 is 1.35 bits per heavy atom. The van der Waals surface area contributed by atoms with E-state index in [0.717, 1.165) is 6.42 Å². The van der Waals surface area contributed by atoms with Crippen LogP contribution < -0.4 is 5.32 Å². The van der Waals surface area contributed by atoms with Gasteiger partial charge in [0.2, 0.25) is 10.0 Å². The molecule has 0 aromatic heterocycles. The summed E-state index contributed by atoms with van der Waals surface area (Å²) in [6.45, 7) is 1.11.